The number of nitrogens with one attached hydrogen (secondary N) is 1. The van der Waals surface area contributed by atoms with Crippen molar-refractivity contribution in [1.82, 2.24) is 18.9 Å². The number of anilines is 1. The second-order valence-corrected chi connectivity index (χ2v) is 5.30. The van der Waals surface area contributed by atoms with Crippen LogP contribution in [0.25, 0.3) is 11.0 Å². The summed E-state index contributed by atoms with van der Waals surface area (Å²) in [7, 11) is 1.59. The first kappa shape index (κ1) is 17.8. The molecule has 0 fully saturated rings. The zero-order valence-corrected chi connectivity index (χ0v) is 14.5. The number of carbonyl (C=O) groups excluding carboxylic acids is 1. The van der Waals surface area contributed by atoms with Gasteiger partial charge in [0.15, 0.2) is 11.5 Å². The van der Waals surface area contributed by atoms with Crippen molar-refractivity contribution in [3.63, 3.8) is 0 Å². The number of aromatic nitrogens is 4. The molecule has 0 unspecified atom stereocenters. The average molecular weight is 337 g/mol. The summed E-state index contributed by atoms with van der Waals surface area (Å²) < 4.78 is 8.59. The van der Waals surface area contributed by atoms with Gasteiger partial charge in [-0.15, -0.1) is 9.78 Å². The molecule has 9 nitrogen and oxygen atoms in total. The molecule has 0 saturated carbocycles. The summed E-state index contributed by atoms with van der Waals surface area (Å²) >= 11 is 0. The van der Waals surface area contributed by atoms with Crippen LogP contribution in [0.5, 0.6) is 0 Å². The molecule has 132 valence electrons. The van der Waals surface area contributed by atoms with Crippen LogP contribution in [0.2, 0.25) is 0 Å². The lowest BCUT2D eigenvalue weighted by molar-refractivity contribution is 0.151. The highest BCUT2D eigenvalue weighted by atomic mass is 16.6. The van der Waals surface area contributed by atoms with E-state index in [2.05, 4.69) is 10.4 Å². The number of hydrogen-bond acceptors (Lipinski definition) is 6. The Kier molecular flexibility index (Phi) is 5.42. The van der Waals surface area contributed by atoms with Crippen LogP contribution in [0.3, 0.4) is 0 Å². The number of aryl methyl sites for hydroxylation is 1. The normalized spacial score (nSPS) is 11.0. The Hall–Kier alpha value is -2.58. The fourth-order valence-electron chi connectivity index (χ4n) is 2.64. The predicted octanol–water partition coefficient (Wildman–Crippen LogP) is 1.23. The maximum Gasteiger partial charge on any atom is 0.436 e. The third-order valence-electron chi connectivity index (χ3n) is 3.62. The van der Waals surface area contributed by atoms with Crippen molar-refractivity contribution in [2.24, 2.45) is 0 Å². The van der Waals surface area contributed by atoms with Crippen LogP contribution < -0.4 is 16.6 Å². The Bertz CT molecular complexity index is 861. The predicted molar refractivity (Wildman–Crippen MR) is 90.8 cm³/mol. The summed E-state index contributed by atoms with van der Waals surface area (Å²) in [4.78, 5) is 37.5. The van der Waals surface area contributed by atoms with E-state index in [1.807, 2.05) is 13.8 Å². The third kappa shape index (κ3) is 2.81. The second-order valence-electron chi connectivity index (χ2n) is 5.30. The molecule has 0 bridgehead atoms. The van der Waals surface area contributed by atoms with Gasteiger partial charge in [-0.2, -0.15) is 0 Å². The van der Waals surface area contributed by atoms with Crippen molar-refractivity contribution in [1.29, 1.82) is 0 Å². The molecule has 0 aliphatic rings. The zero-order chi connectivity index (χ0) is 17.9. The van der Waals surface area contributed by atoms with E-state index in [9.17, 15) is 14.4 Å². The van der Waals surface area contributed by atoms with Gasteiger partial charge in [0.05, 0.1) is 6.61 Å². The summed E-state index contributed by atoms with van der Waals surface area (Å²) in [5.74, 6) is 0.225. The van der Waals surface area contributed by atoms with Crippen molar-refractivity contribution in [3.8, 4) is 0 Å². The molecule has 1 N–H and O–H groups in total. The zero-order valence-electron chi connectivity index (χ0n) is 14.5. The molecule has 0 atom stereocenters. The molecule has 2 heterocycles. The highest BCUT2D eigenvalue weighted by molar-refractivity contribution is 5.92. The summed E-state index contributed by atoms with van der Waals surface area (Å²) in [6.45, 7) is 6.39. The first-order valence-electron chi connectivity index (χ1n) is 8.12. The molecule has 0 aliphatic carbocycles. The Morgan fingerprint density at radius 1 is 1.12 bits per heavy atom. The van der Waals surface area contributed by atoms with Gasteiger partial charge < -0.3 is 10.1 Å². The molecule has 0 saturated heterocycles. The van der Waals surface area contributed by atoms with E-state index in [0.29, 0.717) is 25.9 Å². The Balaban J connectivity index is 2.91. The molecule has 0 spiro atoms. The van der Waals surface area contributed by atoms with Gasteiger partial charge in [-0.3, -0.25) is 13.9 Å². The molecule has 0 aliphatic heterocycles. The van der Waals surface area contributed by atoms with Crippen LogP contribution in [0.4, 0.5) is 10.6 Å². The second kappa shape index (κ2) is 7.33. The van der Waals surface area contributed by atoms with Gasteiger partial charge in [0.1, 0.15) is 5.39 Å². The van der Waals surface area contributed by atoms with Crippen molar-refractivity contribution >= 4 is 22.9 Å². The first-order chi connectivity index (χ1) is 11.5. The van der Waals surface area contributed by atoms with Crippen LogP contribution in [0, 0.1) is 0 Å². The summed E-state index contributed by atoms with van der Waals surface area (Å²) in [5, 5.41) is 7.22. The van der Waals surface area contributed by atoms with E-state index >= 15 is 0 Å². The topological polar surface area (TPSA) is 100 Å². The summed E-state index contributed by atoms with van der Waals surface area (Å²) in [6.07, 6.45) is 0.642. The highest BCUT2D eigenvalue weighted by Gasteiger charge is 2.24. The van der Waals surface area contributed by atoms with E-state index < -0.39 is 17.3 Å². The van der Waals surface area contributed by atoms with Gasteiger partial charge >= 0.3 is 11.8 Å². The first-order valence-corrected chi connectivity index (χ1v) is 8.12. The molecule has 0 amide bonds. The minimum absolute atomic E-state index is 0.181. The van der Waals surface area contributed by atoms with Crippen molar-refractivity contribution < 1.29 is 9.53 Å². The molecule has 0 aromatic carbocycles. The Morgan fingerprint density at radius 3 is 2.29 bits per heavy atom. The number of carbonyl (C=O) groups is 1. The van der Waals surface area contributed by atoms with E-state index in [1.54, 1.807) is 14.0 Å². The molecular weight excluding hydrogens is 314 g/mol. The van der Waals surface area contributed by atoms with E-state index in [-0.39, 0.29) is 23.5 Å². The van der Waals surface area contributed by atoms with E-state index in [1.165, 1.54) is 9.13 Å². The lowest BCUT2D eigenvalue weighted by Gasteiger charge is -2.09. The third-order valence-corrected chi connectivity index (χ3v) is 3.62. The largest absolute Gasteiger partial charge is 0.448 e. The molecule has 2 rings (SSSR count). The van der Waals surface area contributed by atoms with Gasteiger partial charge in [-0.05, 0) is 19.8 Å². The number of hydrogen-bond donors (Lipinski definition) is 1. The van der Waals surface area contributed by atoms with Crippen molar-refractivity contribution in [2.45, 2.75) is 46.7 Å². The van der Waals surface area contributed by atoms with Crippen LogP contribution in [0.1, 0.15) is 33.6 Å². The maximum absolute atomic E-state index is 12.8. The van der Waals surface area contributed by atoms with Gasteiger partial charge in [0.2, 0.25) is 0 Å². The van der Waals surface area contributed by atoms with Crippen molar-refractivity contribution in [3.05, 3.63) is 20.8 Å². The fourth-order valence-corrected chi connectivity index (χ4v) is 2.64. The average Bonchev–Trinajstić information content (AvgIpc) is 2.95. The fraction of sp³-hybridized carbons (Fsp3) is 0.600. The van der Waals surface area contributed by atoms with E-state index in [4.69, 9.17) is 4.74 Å². The number of nitrogens with zero attached hydrogens (tertiary/aromatic N) is 4. The van der Waals surface area contributed by atoms with Gasteiger partial charge in [-0.1, -0.05) is 13.8 Å². The number of rotatable bonds is 6. The van der Waals surface area contributed by atoms with Crippen LogP contribution in [0.15, 0.2) is 9.59 Å². The smallest absolute Gasteiger partial charge is 0.436 e. The summed E-state index contributed by atoms with van der Waals surface area (Å²) in [5.41, 5.74) is -0.673. The quantitative estimate of drug-likeness (QED) is 0.851. The summed E-state index contributed by atoms with van der Waals surface area (Å²) in [6, 6.07) is 0. The Morgan fingerprint density at radius 2 is 1.75 bits per heavy atom. The lowest BCUT2D eigenvalue weighted by Crippen LogP contribution is -2.40. The molecule has 0 radical (unpaired) electrons. The minimum Gasteiger partial charge on any atom is -0.448 e. The van der Waals surface area contributed by atoms with Gasteiger partial charge in [0, 0.05) is 20.1 Å². The SMILES string of the molecule is CCCn1c(=O)c2c(NC)n(C(=O)OCC)nc2n(CCC)c1=O. The van der Waals surface area contributed by atoms with Gasteiger partial charge in [-0.25, -0.2) is 9.59 Å². The molecule has 24 heavy (non-hydrogen) atoms. The van der Waals surface area contributed by atoms with E-state index in [0.717, 1.165) is 4.68 Å². The number of fused-ring (bicyclic) bond motifs is 1. The molecular formula is C15H23N5O4. The minimum atomic E-state index is -0.699. The van der Waals surface area contributed by atoms with Crippen molar-refractivity contribution in [2.75, 3.05) is 19.0 Å². The maximum atomic E-state index is 12.8. The molecule has 2 aromatic heterocycles. The highest BCUT2D eigenvalue weighted by Crippen LogP contribution is 2.19. The molecule has 9 heteroatoms. The van der Waals surface area contributed by atoms with Crippen LogP contribution in [-0.4, -0.2) is 38.7 Å². The Labute approximate surface area is 138 Å². The standard InChI is InChI=1S/C15H23N5O4/c1-5-8-18-12-10(13(21)19(9-6-2)14(18)22)11(16-4)20(17-12)15(23)24-7-3/h16H,5-9H2,1-4H3. The monoisotopic (exact) mass is 337 g/mol. The molecule has 2 aromatic rings. The lowest BCUT2D eigenvalue weighted by atomic mass is 10.3. The van der Waals surface area contributed by atoms with Crippen LogP contribution >= 0.6 is 0 Å². The number of ether oxygens (including phenoxy) is 1. The van der Waals surface area contributed by atoms with Crippen LogP contribution in [-0.2, 0) is 17.8 Å². The van der Waals surface area contributed by atoms with Gasteiger partial charge in [0.25, 0.3) is 5.56 Å².